The van der Waals surface area contributed by atoms with Crippen molar-refractivity contribution in [3.8, 4) is 0 Å². The van der Waals surface area contributed by atoms with Crippen LogP contribution < -0.4 is 5.73 Å². The number of hydrogen-bond acceptors (Lipinski definition) is 4. The zero-order chi connectivity index (χ0) is 7.98. The summed E-state index contributed by atoms with van der Waals surface area (Å²) in [5.74, 6) is -0.562. The van der Waals surface area contributed by atoms with Gasteiger partial charge in [0.25, 0.3) is 0 Å². The van der Waals surface area contributed by atoms with Crippen LogP contribution in [-0.4, -0.2) is 24.2 Å². The Labute approximate surface area is 59.3 Å². The standard InChI is InChI=1S/C6H11NO3/c1-2-10-6(9)5(3-7)4-8/h4,8H,2-3,7H2,1H3. The summed E-state index contributed by atoms with van der Waals surface area (Å²) in [6.45, 7) is 1.97. The molecule has 0 amide bonds. The van der Waals surface area contributed by atoms with E-state index in [2.05, 4.69) is 4.74 Å². The number of ether oxygens (including phenoxy) is 1. The van der Waals surface area contributed by atoms with E-state index in [1.165, 1.54) is 0 Å². The predicted octanol–water partition coefficient (Wildman–Crippen LogP) is -0.0499. The monoisotopic (exact) mass is 145 g/mol. The zero-order valence-electron chi connectivity index (χ0n) is 5.83. The summed E-state index contributed by atoms with van der Waals surface area (Å²) in [5.41, 5.74) is 5.17. The molecule has 4 heteroatoms. The summed E-state index contributed by atoms with van der Waals surface area (Å²) < 4.78 is 4.54. The number of aliphatic hydroxyl groups is 1. The third-order valence-electron chi connectivity index (χ3n) is 0.913. The third kappa shape index (κ3) is 2.50. The molecule has 0 saturated carbocycles. The quantitative estimate of drug-likeness (QED) is 0.332. The largest absolute Gasteiger partial charge is 0.515 e. The Kier molecular flexibility index (Phi) is 4.32. The lowest BCUT2D eigenvalue weighted by atomic mass is 10.3. The molecule has 0 aromatic heterocycles. The van der Waals surface area contributed by atoms with Gasteiger partial charge in [0.15, 0.2) is 0 Å². The molecule has 0 aromatic carbocycles. The van der Waals surface area contributed by atoms with Crippen molar-refractivity contribution in [3.63, 3.8) is 0 Å². The van der Waals surface area contributed by atoms with Crippen molar-refractivity contribution in [1.29, 1.82) is 0 Å². The van der Waals surface area contributed by atoms with E-state index >= 15 is 0 Å². The van der Waals surface area contributed by atoms with Crippen LogP contribution in [0.25, 0.3) is 0 Å². The number of esters is 1. The van der Waals surface area contributed by atoms with Crippen LogP contribution in [0.4, 0.5) is 0 Å². The Hall–Kier alpha value is -1.03. The van der Waals surface area contributed by atoms with Gasteiger partial charge in [0.1, 0.15) is 0 Å². The molecule has 0 aromatic rings. The van der Waals surface area contributed by atoms with Crippen LogP contribution in [-0.2, 0) is 9.53 Å². The lowest BCUT2D eigenvalue weighted by Crippen LogP contribution is -2.15. The number of carbonyl (C=O) groups excluding carboxylic acids is 1. The molecule has 0 fully saturated rings. The van der Waals surface area contributed by atoms with E-state index in [1.807, 2.05) is 0 Å². The molecule has 0 radical (unpaired) electrons. The highest BCUT2D eigenvalue weighted by Crippen LogP contribution is 1.92. The lowest BCUT2D eigenvalue weighted by Gasteiger charge is -2.00. The maximum Gasteiger partial charge on any atom is 0.338 e. The van der Waals surface area contributed by atoms with Crippen LogP contribution in [0, 0.1) is 0 Å². The summed E-state index contributed by atoms with van der Waals surface area (Å²) in [6, 6.07) is 0. The van der Waals surface area contributed by atoms with Gasteiger partial charge in [-0.2, -0.15) is 0 Å². The molecular formula is C6H11NO3. The summed E-state index contributed by atoms with van der Waals surface area (Å²) >= 11 is 0. The number of hydrogen-bond donors (Lipinski definition) is 2. The van der Waals surface area contributed by atoms with Gasteiger partial charge in [-0.1, -0.05) is 0 Å². The smallest absolute Gasteiger partial charge is 0.338 e. The Bertz CT molecular complexity index is 142. The highest BCUT2D eigenvalue weighted by atomic mass is 16.5. The van der Waals surface area contributed by atoms with Crippen LogP contribution >= 0.6 is 0 Å². The number of carbonyl (C=O) groups is 1. The normalized spacial score (nSPS) is 11.2. The van der Waals surface area contributed by atoms with Crippen molar-refractivity contribution >= 4 is 5.97 Å². The fraction of sp³-hybridized carbons (Fsp3) is 0.500. The molecule has 3 N–H and O–H groups in total. The molecular weight excluding hydrogens is 134 g/mol. The Morgan fingerprint density at radius 3 is 2.70 bits per heavy atom. The SMILES string of the molecule is CCOC(=O)C(=CO)CN. The molecule has 0 aliphatic heterocycles. The first-order chi connectivity index (χ1) is 4.76. The van der Waals surface area contributed by atoms with Gasteiger partial charge < -0.3 is 15.6 Å². The number of rotatable bonds is 3. The van der Waals surface area contributed by atoms with Crippen molar-refractivity contribution in [2.75, 3.05) is 13.2 Å². The minimum Gasteiger partial charge on any atom is -0.515 e. The molecule has 58 valence electrons. The molecule has 0 heterocycles. The highest BCUT2D eigenvalue weighted by Gasteiger charge is 2.06. The van der Waals surface area contributed by atoms with Gasteiger partial charge in [0.05, 0.1) is 18.4 Å². The molecule has 0 saturated heterocycles. The topological polar surface area (TPSA) is 72.5 Å². The molecule has 4 nitrogen and oxygen atoms in total. The molecule has 10 heavy (non-hydrogen) atoms. The molecule has 0 aliphatic rings. The Morgan fingerprint density at radius 2 is 2.40 bits per heavy atom. The molecule has 0 bridgehead atoms. The minimum atomic E-state index is -0.562. The van der Waals surface area contributed by atoms with Crippen molar-refractivity contribution in [3.05, 3.63) is 11.8 Å². The Morgan fingerprint density at radius 1 is 1.80 bits per heavy atom. The van der Waals surface area contributed by atoms with Gasteiger partial charge in [-0.3, -0.25) is 0 Å². The summed E-state index contributed by atoms with van der Waals surface area (Å²) in [4.78, 5) is 10.7. The molecule has 0 aliphatic carbocycles. The number of aliphatic hydroxyl groups excluding tert-OH is 1. The van der Waals surface area contributed by atoms with E-state index in [0.29, 0.717) is 6.26 Å². The second-order valence-corrected chi connectivity index (χ2v) is 1.58. The van der Waals surface area contributed by atoms with E-state index in [9.17, 15) is 4.79 Å². The molecule has 0 unspecified atom stereocenters. The van der Waals surface area contributed by atoms with E-state index < -0.39 is 5.97 Å². The average molecular weight is 145 g/mol. The van der Waals surface area contributed by atoms with Crippen LogP contribution in [0.15, 0.2) is 11.8 Å². The van der Waals surface area contributed by atoms with E-state index in [0.717, 1.165) is 0 Å². The van der Waals surface area contributed by atoms with Crippen LogP contribution in [0.1, 0.15) is 6.92 Å². The molecule has 0 rings (SSSR count). The van der Waals surface area contributed by atoms with Crippen molar-refractivity contribution < 1.29 is 14.6 Å². The molecule has 0 spiro atoms. The average Bonchev–Trinajstić information content (AvgIpc) is 1.91. The lowest BCUT2D eigenvalue weighted by molar-refractivity contribution is -0.138. The summed E-state index contributed by atoms with van der Waals surface area (Å²) in [6.07, 6.45) is 0.665. The minimum absolute atomic E-state index is 0.00463. The second-order valence-electron chi connectivity index (χ2n) is 1.58. The van der Waals surface area contributed by atoms with Gasteiger partial charge in [0.2, 0.25) is 0 Å². The van der Waals surface area contributed by atoms with E-state index in [1.54, 1.807) is 6.92 Å². The highest BCUT2D eigenvalue weighted by molar-refractivity contribution is 5.88. The van der Waals surface area contributed by atoms with Gasteiger partial charge in [-0.05, 0) is 6.92 Å². The zero-order valence-corrected chi connectivity index (χ0v) is 5.83. The maximum absolute atomic E-state index is 10.7. The van der Waals surface area contributed by atoms with Gasteiger partial charge in [-0.15, -0.1) is 0 Å². The first kappa shape index (κ1) is 8.97. The summed E-state index contributed by atoms with van der Waals surface area (Å²) in [5, 5.41) is 8.38. The van der Waals surface area contributed by atoms with Crippen molar-refractivity contribution in [2.24, 2.45) is 5.73 Å². The first-order valence-corrected chi connectivity index (χ1v) is 2.96. The van der Waals surface area contributed by atoms with Crippen LogP contribution in [0.3, 0.4) is 0 Å². The first-order valence-electron chi connectivity index (χ1n) is 2.96. The summed E-state index contributed by atoms with van der Waals surface area (Å²) in [7, 11) is 0. The fourth-order valence-corrected chi connectivity index (χ4v) is 0.413. The van der Waals surface area contributed by atoms with E-state index in [-0.39, 0.29) is 18.7 Å². The van der Waals surface area contributed by atoms with Gasteiger partial charge in [0, 0.05) is 6.54 Å². The van der Waals surface area contributed by atoms with Crippen molar-refractivity contribution in [2.45, 2.75) is 6.92 Å². The molecule has 0 atom stereocenters. The predicted molar refractivity (Wildman–Crippen MR) is 36.4 cm³/mol. The Balaban J connectivity index is 3.91. The third-order valence-corrected chi connectivity index (χ3v) is 0.913. The van der Waals surface area contributed by atoms with Crippen LogP contribution in [0.2, 0.25) is 0 Å². The van der Waals surface area contributed by atoms with Crippen molar-refractivity contribution in [1.82, 2.24) is 0 Å². The van der Waals surface area contributed by atoms with Gasteiger partial charge >= 0.3 is 5.97 Å². The van der Waals surface area contributed by atoms with Gasteiger partial charge in [-0.25, -0.2) is 4.79 Å². The fourth-order valence-electron chi connectivity index (χ4n) is 0.413. The second kappa shape index (κ2) is 4.81. The number of nitrogens with two attached hydrogens (primary N) is 1. The van der Waals surface area contributed by atoms with Crippen LogP contribution in [0.5, 0.6) is 0 Å². The van der Waals surface area contributed by atoms with E-state index in [4.69, 9.17) is 10.8 Å². The maximum atomic E-state index is 10.7.